The Bertz CT molecular complexity index is 1510. The maximum absolute atomic E-state index is 14.3. The molecule has 0 radical (unpaired) electrons. The van der Waals surface area contributed by atoms with Crippen LogP contribution < -0.4 is 23.8 Å². The molecule has 0 saturated carbocycles. The predicted molar refractivity (Wildman–Crippen MR) is 171 cm³/mol. The van der Waals surface area contributed by atoms with Crippen LogP contribution in [0.2, 0.25) is 0 Å². The van der Waals surface area contributed by atoms with Crippen molar-refractivity contribution in [3.05, 3.63) is 77.9 Å². The van der Waals surface area contributed by atoms with Crippen molar-refractivity contribution in [1.29, 1.82) is 0 Å². The SMILES string of the molecule is CCCCNC(=O)[C@H](CC)N(Cc1cccc(OC)c1)C(=O)CN(c1ccc(OC)c(OC)c1)S(=O)(=O)c1ccc(C)cc1. The Morgan fingerprint density at radius 1 is 0.886 bits per heavy atom. The van der Waals surface area contributed by atoms with Gasteiger partial charge in [0.15, 0.2) is 11.5 Å². The Balaban J connectivity index is 2.10. The largest absolute Gasteiger partial charge is 0.497 e. The van der Waals surface area contributed by atoms with E-state index >= 15 is 0 Å². The monoisotopic (exact) mass is 625 g/mol. The van der Waals surface area contributed by atoms with Gasteiger partial charge in [-0.25, -0.2) is 8.42 Å². The standard InChI is InChI=1S/C33H43N3O7S/c1-7-9-19-34-33(38)29(8-2)35(22-25-11-10-12-27(20-25)41-4)32(37)23-36(26-15-18-30(42-5)31(21-26)43-6)44(39,40)28-16-13-24(3)14-17-28/h10-18,20-21,29H,7-9,19,22-23H2,1-6H3,(H,34,38)/t29-/m0/s1. The summed E-state index contributed by atoms with van der Waals surface area (Å²) in [4.78, 5) is 29.1. The summed E-state index contributed by atoms with van der Waals surface area (Å²) in [6.07, 6.45) is 2.03. The van der Waals surface area contributed by atoms with E-state index in [9.17, 15) is 18.0 Å². The molecule has 0 saturated heterocycles. The highest BCUT2D eigenvalue weighted by molar-refractivity contribution is 7.92. The van der Waals surface area contributed by atoms with E-state index in [1.165, 1.54) is 37.3 Å². The minimum Gasteiger partial charge on any atom is -0.497 e. The van der Waals surface area contributed by atoms with Crippen molar-refractivity contribution in [3.63, 3.8) is 0 Å². The van der Waals surface area contributed by atoms with E-state index in [4.69, 9.17) is 14.2 Å². The summed E-state index contributed by atoms with van der Waals surface area (Å²) in [5.41, 5.74) is 1.83. The first kappa shape index (κ1) is 34.2. The third-order valence-electron chi connectivity index (χ3n) is 7.25. The maximum Gasteiger partial charge on any atom is 0.264 e. The van der Waals surface area contributed by atoms with Gasteiger partial charge in [-0.05, 0) is 61.7 Å². The van der Waals surface area contributed by atoms with Crippen molar-refractivity contribution in [1.82, 2.24) is 10.2 Å². The lowest BCUT2D eigenvalue weighted by atomic mass is 10.1. The second kappa shape index (κ2) is 16.0. The predicted octanol–water partition coefficient (Wildman–Crippen LogP) is 4.94. The fourth-order valence-electron chi connectivity index (χ4n) is 4.74. The Labute approximate surface area is 261 Å². The molecule has 0 aliphatic carbocycles. The van der Waals surface area contributed by atoms with E-state index < -0.39 is 28.5 Å². The molecule has 0 heterocycles. The molecule has 0 aliphatic heterocycles. The fraction of sp³-hybridized carbons (Fsp3) is 0.394. The molecular weight excluding hydrogens is 582 g/mol. The van der Waals surface area contributed by atoms with Gasteiger partial charge in [-0.2, -0.15) is 0 Å². The number of rotatable bonds is 16. The molecule has 10 nitrogen and oxygen atoms in total. The van der Waals surface area contributed by atoms with Crippen LogP contribution in [0.3, 0.4) is 0 Å². The van der Waals surface area contributed by atoms with E-state index in [0.29, 0.717) is 30.2 Å². The van der Waals surface area contributed by atoms with Crippen LogP contribution in [-0.4, -0.2) is 65.6 Å². The van der Waals surface area contributed by atoms with Crippen molar-refractivity contribution in [3.8, 4) is 17.2 Å². The van der Waals surface area contributed by atoms with Gasteiger partial charge >= 0.3 is 0 Å². The average Bonchev–Trinajstić information content (AvgIpc) is 3.03. The highest BCUT2D eigenvalue weighted by Gasteiger charge is 2.34. The average molecular weight is 626 g/mol. The van der Waals surface area contributed by atoms with Gasteiger partial charge in [0, 0.05) is 19.2 Å². The first-order valence-electron chi connectivity index (χ1n) is 14.6. The van der Waals surface area contributed by atoms with Crippen LogP contribution in [0.25, 0.3) is 0 Å². The number of nitrogens with one attached hydrogen (secondary N) is 1. The van der Waals surface area contributed by atoms with Crippen molar-refractivity contribution in [2.75, 3.05) is 38.7 Å². The summed E-state index contributed by atoms with van der Waals surface area (Å²) in [7, 11) is 0.252. The summed E-state index contributed by atoms with van der Waals surface area (Å²) < 4.78 is 45.5. The lowest BCUT2D eigenvalue weighted by molar-refractivity contribution is -0.140. The molecule has 0 fully saturated rings. The number of nitrogens with zero attached hydrogens (tertiary/aromatic N) is 2. The molecule has 3 rings (SSSR count). The molecule has 238 valence electrons. The number of carbonyl (C=O) groups is 2. The summed E-state index contributed by atoms with van der Waals surface area (Å²) in [6.45, 7) is 5.70. The highest BCUT2D eigenvalue weighted by Crippen LogP contribution is 2.34. The Morgan fingerprint density at radius 3 is 2.20 bits per heavy atom. The van der Waals surface area contributed by atoms with Crippen LogP contribution in [0.4, 0.5) is 5.69 Å². The van der Waals surface area contributed by atoms with Gasteiger partial charge in [0.25, 0.3) is 10.0 Å². The molecule has 0 spiro atoms. The van der Waals surface area contributed by atoms with E-state index in [1.54, 1.807) is 49.6 Å². The Kier molecular flexibility index (Phi) is 12.5. The van der Waals surface area contributed by atoms with Crippen molar-refractivity contribution in [2.24, 2.45) is 0 Å². The molecule has 0 aromatic heterocycles. The number of amides is 2. The number of carbonyl (C=O) groups excluding carboxylic acids is 2. The van der Waals surface area contributed by atoms with Gasteiger partial charge < -0.3 is 24.4 Å². The van der Waals surface area contributed by atoms with Gasteiger partial charge in [0.2, 0.25) is 11.8 Å². The first-order valence-corrected chi connectivity index (χ1v) is 16.0. The topological polar surface area (TPSA) is 114 Å². The van der Waals surface area contributed by atoms with E-state index in [0.717, 1.165) is 28.3 Å². The number of benzene rings is 3. The number of anilines is 1. The molecular formula is C33H43N3O7S. The van der Waals surface area contributed by atoms with E-state index in [-0.39, 0.29) is 23.0 Å². The molecule has 1 N–H and O–H groups in total. The van der Waals surface area contributed by atoms with Crippen LogP contribution >= 0.6 is 0 Å². The second-order valence-corrected chi connectivity index (χ2v) is 12.2. The van der Waals surface area contributed by atoms with Crippen LogP contribution in [0.5, 0.6) is 17.2 Å². The van der Waals surface area contributed by atoms with Gasteiger partial charge in [-0.1, -0.05) is 50.1 Å². The lowest BCUT2D eigenvalue weighted by Gasteiger charge is -2.33. The molecule has 2 amide bonds. The number of hydrogen-bond donors (Lipinski definition) is 1. The summed E-state index contributed by atoms with van der Waals surface area (Å²) >= 11 is 0. The third kappa shape index (κ3) is 8.43. The lowest BCUT2D eigenvalue weighted by Crippen LogP contribution is -2.52. The van der Waals surface area contributed by atoms with Crippen LogP contribution in [0.1, 0.15) is 44.2 Å². The zero-order chi connectivity index (χ0) is 32.3. The molecule has 1 atom stereocenters. The Hall–Kier alpha value is -4.25. The summed E-state index contributed by atoms with van der Waals surface area (Å²) in [5, 5.41) is 2.93. The van der Waals surface area contributed by atoms with Crippen molar-refractivity contribution in [2.45, 2.75) is 57.5 Å². The summed E-state index contributed by atoms with van der Waals surface area (Å²) in [5.74, 6) is 0.470. The maximum atomic E-state index is 14.3. The molecule has 3 aromatic carbocycles. The molecule has 0 aliphatic rings. The second-order valence-electron chi connectivity index (χ2n) is 10.3. The summed E-state index contributed by atoms with van der Waals surface area (Å²) in [6, 6.07) is 17.4. The number of aryl methyl sites for hydroxylation is 1. The van der Waals surface area contributed by atoms with Crippen molar-refractivity contribution >= 4 is 27.5 Å². The number of ether oxygens (including phenoxy) is 3. The smallest absolute Gasteiger partial charge is 0.264 e. The third-order valence-corrected chi connectivity index (χ3v) is 9.03. The zero-order valence-corrected chi connectivity index (χ0v) is 27.1. The zero-order valence-electron chi connectivity index (χ0n) is 26.3. The Morgan fingerprint density at radius 2 is 1.59 bits per heavy atom. The quantitative estimate of drug-likeness (QED) is 0.224. The molecule has 11 heteroatoms. The fourth-order valence-corrected chi connectivity index (χ4v) is 6.15. The molecule has 3 aromatic rings. The minimum atomic E-state index is -4.23. The van der Waals surface area contributed by atoms with Gasteiger partial charge in [-0.3, -0.25) is 13.9 Å². The molecule has 0 unspecified atom stereocenters. The highest BCUT2D eigenvalue weighted by atomic mass is 32.2. The molecule has 44 heavy (non-hydrogen) atoms. The van der Waals surface area contributed by atoms with Gasteiger partial charge in [-0.15, -0.1) is 0 Å². The number of sulfonamides is 1. The molecule has 0 bridgehead atoms. The van der Waals surface area contributed by atoms with Crippen molar-refractivity contribution < 1.29 is 32.2 Å². The van der Waals surface area contributed by atoms with E-state index in [2.05, 4.69) is 5.32 Å². The number of unbranched alkanes of at least 4 members (excludes halogenated alkanes) is 1. The van der Waals surface area contributed by atoms with E-state index in [1.807, 2.05) is 26.8 Å². The number of methoxy groups -OCH3 is 3. The minimum absolute atomic E-state index is 0.0226. The van der Waals surface area contributed by atoms with Gasteiger partial charge in [0.1, 0.15) is 18.3 Å². The normalized spacial score (nSPS) is 11.8. The first-order chi connectivity index (χ1) is 21.1. The van der Waals surface area contributed by atoms with Crippen LogP contribution in [-0.2, 0) is 26.2 Å². The van der Waals surface area contributed by atoms with Crippen LogP contribution in [0, 0.1) is 6.92 Å². The van der Waals surface area contributed by atoms with Crippen LogP contribution in [0.15, 0.2) is 71.6 Å². The number of hydrogen-bond acceptors (Lipinski definition) is 7. The van der Waals surface area contributed by atoms with Gasteiger partial charge in [0.05, 0.1) is 31.9 Å².